The summed E-state index contributed by atoms with van der Waals surface area (Å²) in [6.45, 7) is 0. The molecule has 5 heteroatoms. The molecule has 0 aliphatic rings. The summed E-state index contributed by atoms with van der Waals surface area (Å²) in [6.07, 6.45) is 0. The monoisotopic (exact) mass is 665 g/mol. The first-order chi connectivity index (χ1) is 25.8. The van der Waals surface area contributed by atoms with Crippen molar-refractivity contribution in [1.82, 2.24) is 15.0 Å². The van der Waals surface area contributed by atoms with Crippen molar-refractivity contribution < 1.29 is 8.83 Å². The van der Waals surface area contributed by atoms with Gasteiger partial charge >= 0.3 is 0 Å². The summed E-state index contributed by atoms with van der Waals surface area (Å²) < 4.78 is 13.2. The molecule has 0 N–H and O–H groups in total. The Labute approximate surface area is 297 Å². The van der Waals surface area contributed by atoms with E-state index in [0.29, 0.717) is 17.5 Å². The van der Waals surface area contributed by atoms with Crippen LogP contribution in [0.25, 0.3) is 111 Å². The third kappa shape index (κ3) is 4.39. The van der Waals surface area contributed by atoms with E-state index in [-0.39, 0.29) is 0 Å². The highest BCUT2D eigenvalue weighted by molar-refractivity contribution is 6.22. The van der Waals surface area contributed by atoms with Gasteiger partial charge in [0.05, 0.1) is 0 Å². The molecule has 0 saturated carbocycles. The van der Waals surface area contributed by atoms with Crippen LogP contribution < -0.4 is 0 Å². The van der Waals surface area contributed by atoms with E-state index >= 15 is 0 Å². The van der Waals surface area contributed by atoms with E-state index in [4.69, 9.17) is 23.8 Å². The van der Waals surface area contributed by atoms with Crippen molar-refractivity contribution in [2.24, 2.45) is 0 Å². The molecule has 0 spiro atoms. The minimum absolute atomic E-state index is 0.590. The van der Waals surface area contributed by atoms with E-state index in [1.165, 1.54) is 5.39 Å². The zero-order chi connectivity index (χ0) is 34.2. The fraction of sp³-hybridized carbons (Fsp3) is 0. The molecule has 242 valence electrons. The highest BCUT2D eigenvalue weighted by Crippen LogP contribution is 2.44. The molecule has 0 fully saturated rings. The number of fused-ring (bicyclic) bond motifs is 9. The third-order valence-electron chi connectivity index (χ3n) is 10.1. The molecule has 0 bridgehead atoms. The number of benzene rings is 8. The summed E-state index contributed by atoms with van der Waals surface area (Å²) in [5, 5.41) is 8.61. The predicted octanol–water partition coefficient (Wildman–Crippen LogP) is 12.6. The van der Waals surface area contributed by atoms with Crippen LogP contribution in [0.3, 0.4) is 0 Å². The molecule has 52 heavy (non-hydrogen) atoms. The van der Waals surface area contributed by atoms with Crippen LogP contribution in [0.5, 0.6) is 0 Å². The van der Waals surface area contributed by atoms with Gasteiger partial charge in [-0.3, -0.25) is 0 Å². The van der Waals surface area contributed by atoms with Crippen LogP contribution in [0.1, 0.15) is 0 Å². The summed E-state index contributed by atoms with van der Waals surface area (Å²) in [5.74, 6) is 1.83. The first-order valence-electron chi connectivity index (χ1n) is 17.4. The Hall–Kier alpha value is -7.11. The van der Waals surface area contributed by atoms with Crippen LogP contribution in [0.15, 0.2) is 173 Å². The van der Waals surface area contributed by atoms with Gasteiger partial charge in [0.1, 0.15) is 22.3 Å². The van der Waals surface area contributed by atoms with Crippen molar-refractivity contribution in [3.05, 3.63) is 164 Å². The smallest absolute Gasteiger partial charge is 0.164 e. The number of para-hydroxylation sites is 2. The molecular formula is C47H27N3O2. The highest BCUT2D eigenvalue weighted by Gasteiger charge is 2.21. The van der Waals surface area contributed by atoms with Gasteiger partial charge in [0.2, 0.25) is 0 Å². The van der Waals surface area contributed by atoms with Crippen molar-refractivity contribution in [3.63, 3.8) is 0 Å². The molecule has 8 aromatic carbocycles. The standard InChI is InChI=1S/C47H27N3O2/c1-2-13-29(14-3-1)45-48-46(31-25-24-28-12-4-5-15-30(28)26-31)50-47(49-45)37-21-11-23-41-42(37)36-20-10-19-35(43(36)52-41)38-27-39-33-17-8-9-22-40(33)51-44(39)34-18-7-6-16-32(34)38/h1-27H. The van der Waals surface area contributed by atoms with Gasteiger partial charge in [-0.15, -0.1) is 0 Å². The van der Waals surface area contributed by atoms with E-state index in [2.05, 4.69) is 109 Å². The SMILES string of the molecule is c1ccc(-c2nc(-c3ccc4ccccc4c3)nc(-c3cccc4oc5c(-c6cc7c8ccccc8oc7c7ccccc67)cccc5c34)n2)cc1. The lowest BCUT2D eigenvalue weighted by molar-refractivity contribution is 0.670. The molecule has 0 unspecified atom stereocenters. The van der Waals surface area contributed by atoms with Gasteiger partial charge in [0.25, 0.3) is 0 Å². The van der Waals surface area contributed by atoms with Gasteiger partial charge in [0.15, 0.2) is 17.5 Å². The van der Waals surface area contributed by atoms with Crippen LogP contribution >= 0.6 is 0 Å². The first-order valence-corrected chi connectivity index (χ1v) is 17.4. The zero-order valence-corrected chi connectivity index (χ0v) is 27.7. The molecule has 11 rings (SSSR count). The third-order valence-corrected chi connectivity index (χ3v) is 10.1. The Kier molecular flexibility index (Phi) is 6.18. The Morgan fingerprint density at radius 1 is 0.327 bits per heavy atom. The largest absolute Gasteiger partial charge is 0.455 e. The molecule has 3 aromatic heterocycles. The number of hydrogen-bond acceptors (Lipinski definition) is 5. The van der Waals surface area contributed by atoms with Crippen molar-refractivity contribution in [1.29, 1.82) is 0 Å². The fourth-order valence-corrected chi connectivity index (χ4v) is 7.69. The van der Waals surface area contributed by atoms with Crippen molar-refractivity contribution in [3.8, 4) is 45.3 Å². The zero-order valence-electron chi connectivity index (χ0n) is 27.7. The summed E-state index contributed by atoms with van der Waals surface area (Å²) in [7, 11) is 0. The van der Waals surface area contributed by atoms with Gasteiger partial charge in [-0.2, -0.15) is 0 Å². The molecule has 0 atom stereocenters. The van der Waals surface area contributed by atoms with Gasteiger partial charge in [-0.25, -0.2) is 15.0 Å². The number of furan rings is 2. The lowest BCUT2D eigenvalue weighted by atomic mass is 9.94. The molecule has 3 heterocycles. The average Bonchev–Trinajstić information content (AvgIpc) is 3.79. The number of hydrogen-bond donors (Lipinski definition) is 0. The van der Waals surface area contributed by atoms with Crippen LogP contribution in [0, 0.1) is 0 Å². The molecule has 0 saturated heterocycles. The molecule has 0 aliphatic carbocycles. The first kappa shape index (κ1) is 28.7. The molecular weight excluding hydrogens is 639 g/mol. The van der Waals surface area contributed by atoms with E-state index in [9.17, 15) is 0 Å². The predicted molar refractivity (Wildman–Crippen MR) is 211 cm³/mol. The second kappa shape index (κ2) is 11.2. The average molecular weight is 666 g/mol. The second-order valence-electron chi connectivity index (χ2n) is 13.1. The molecule has 0 radical (unpaired) electrons. The molecule has 5 nitrogen and oxygen atoms in total. The van der Waals surface area contributed by atoms with Gasteiger partial charge in [-0.1, -0.05) is 140 Å². The highest BCUT2D eigenvalue weighted by atomic mass is 16.3. The van der Waals surface area contributed by atoms with Crippen molar-refractivity contribution in [2.45, 2.75) is 0 Å². The Morgan fingerprint density at radius 2 is 0.962 bits per heavy atom. The maximum atomic E-state index is 6.81. The summed E-state index contributed by atoms with van der Waals surface area (Å²) in [4.78, 5) is 15.3. The molecule has 0 aliphatic heterocycles. The minimum atomic E-state index is 0.590. The van der Waals surface area contributed by atoms with E-state index in [1.807, 2.05) is 54.6 Å². The lowest BCUT2D eigenvalue weighted by Gasteiger charge is -2.10. The Balaban J connectivity index is 1.16. The summed E-state index contributed by atoms with van der Waals surface area (Å²) in [5.41, 5.74) is 8.20. The topological polar surface area (TPSA) is 65.0 Å². The van der Waals surface area contributed by atoms with Crippen LogP contribution in [-0.2, 0) is 0 Å². The van der Waals surface area contributed by atoms with Crippen LogP contribution in [0.2, 0.25) is 0 Å². The number of nitrogens with zero attached hydrogens (tertiary/aromatic N) is 3. The Morgan fingerprint density at radius 3 is 1.85 bits per heavy atom. The van der Waals surface area contributed by atoms with Gasteiger partial charge in [0, 0.05) is 49.2 Å². The van der Waals surface area contributed by atoms with E-state index in [1.54, 1.807) is 0 Å². The van der Waals surface area contributed by atoms with E-state index < -0.39 is 0 Å². The van der Waals surface area contributed by atoms with Crippen molar-refractivity contribution >= 4 is 65.4 Å². The van der Waals surface area contributed by atoms with Crippen molar-refractivity contribution in [2.75, 3.05) is 0 Å². The molecule has 0 amide bonds. The Bertz CT molecular complexity index is 3190. The minimum Gasteiger partial charge on any atom is -0.455 e. The fourth-order valence-electron chi connectivity index (χ4n) is 7.69. The summed E-state index contributed by atoms with van der Waals surface area (Å²) >= 11 is 0. The number of rotatable bonds is 4. The van der Waals surface area contributed by atoms with Crippen LogP contribution in [0.4, 0.5) is 0 Å². The lowest BCUT2D eigenvalue weighted by Crippen LogP contribution is -2.00. The van der Waals surface area contributed by atoms with Gasteiger partial charge < -0.3 is 8.83 Å². The number of aromatic nitrogens is 3. The normalized spacial score (nSPS) is 11.8. The molecule has 11 aromatic rings. The maximum absolute atomic E-state index is 6.81. The second-order valence-corrected chi connectivity index (χ2v) is 13.1. The maximum Gasteiger partial charge on any atom is 0.164 e. The summed E-state index contributed by atoms with van der Waals surface area (Å²) in [6, 6.07) is 56.2. The van der Waals surface area contributed by atoms with E-state index in [0.717, 1.165) is 87.9 Å². The van der Waals surface area contributed by atoms with Gasteiger partial charge in [-0.05, 0) is 46.0 Å². The van der Waals surface area contributed by atoms with Crippen LogP contribution in [-0.4, -0.2) is 15.0 Å². The quantitative estimate of drug-likeness (QED) is 0.187.